The van der Waals surface area contributed by atoms with E-state index < -0.39 is 10.0 Å². The monoisotopic (exact) mass is 482 g/mol. The first-order valence-electron chi connectivity index (χ1n) is 9.09. The minimum Gasteiger partial charge on any atom is -0.493 e. The van der Waals surface area contributed by atoms with Crippen LogP contribution in [0, 0.1) is 0 Å². The summed E-state index contributed by atoms with van der Waals surface area (Å²) in [4.78, 5) is 12.2. The van der Waals surface area contributed by atoms with E-state index in [0.717, 1.165) is 15.6 Å². The zero-order valence-corrected chi connectivity index (χ0v) is 18.7. The summed E-state index contributed by atoms with van der Waals surface area (Å²) in [6.45, 7) is 0.713. The first-order valence-corrected chi connectivity index (χ1v) is 11.5. The van der Waals surface area contributed by atoms with Crippen LogP contribution in [0.1, 0.15) is 21.5 Å². The lowest BCUT2D eigenvalue weighted by Gasteiger charge is -2.29. The molecule has 0 unspecified atom stereocenters. The van der Waals surface area contributed by atoms with Crippen LogP contribution in [0.3, 0.4) is 0 Å². The highest BCUT2D eigenvalue weighted by Gasteiger charge is 2.27. The van der Waals surface area contributed by atoms with Crippen molar-refractivity contribution in [3.8, 4) is 11.5 Å². The SMILES string of the molecule is COc1cc2c(cc1OC)CN(S(=O)(=O)CCNC(=O)c1cccc(Br)c1)CC2. The maximum absolute atomic E-state index is 12.8. The Kier molecular flexibility index (Phi) is 6.81. The van der Waals surface area contributed by atoms with Crippen LogP contribution in [0.2, 0.25) is 0 Å². The number of hydrogen-bond donors (Lipinski definition) is 1. The van der Waals surface area contributed by atoms with E-state index in [2.05, 4.69) is 21.2 Å². The van der Waals surface area contributed by atoms with Crippen LogP contribution in [-0.2, 0) is 23.0 Å². The largest absolute Gasteiger partial charge is 0.493 e. The van der Waals surface area contributed by atoms with E-state index in [4.69, 9.17) is 9.47 Å². The number of carbonyl (C=O) groups is 1. The molecule has 7 nitrogen and oxygen atoms in total. The van der Waals surface area contributed by atoms with Crippen molar-refractivity contribution in [2.45, 2.75) is 13.0 Å². The molecular weight excluding hydrogens is 460 g/mol. The van der Waals surface area contributed by atoms with E-state index in [0.29, 0.717) is 30.0 Å². The molecule has 3 rings (SSSR count). The summed E-state index contributed by atoms with van der Waals surface area (Å²) < 4.78 is 38.4. The fourth-order valence-corrected chi connectivity index (χ4v) is 4.97. The minimum atomic E-state index is -3.51. The molecule has 0 saturated carbocycles. The summed E-state index contributed by atoms with van der Waals surface area (Å²) in [5.74, 6) is 0.752. The van der Waals surface area contributed by atoms with Gasteiger partial charge in [0.2, 0.25) is 10.0 Å². The van der Waals surface area contributed by atoms with Crippen molar-refractivity contribution < 1.29 is 22.7 Å². The Bertz CT molecular complexity index is 1010. The van der Waals surface area contributed by atoms with Crippen molar-refractivity contribution in [3.63, 3.8) is 0 Å². The number of hydrogen-bond acceptors (Lipinski definition) is 5. The Morgan fingerprint density at radius 1 is 1.14 bits per heavy atom. The van der Waals surface area contributed by atoms with Crippen molar-refractivity contribution in [1.29, 1.82) is 0 Å². The Labute approximate surface area is 179 Å². The van der Waals surface area contributed by atoms with Gasteiger partial charge in [-0.2, -0.15) is 4.31 Å². The van der Waals surface area contributed by atoms with Gasteiger partial charge < -0.3 is 14.8 Å². The number of nitrogens with zero attached hydrogens (tertiary/aromatic N) is 1. The Morgan fingerprint density at radius 3 is 2.48 bits per heavy atom. The average Bonchev–Trinajstić information content (AvgIpc) is 2.72. The Morgan fingerprint density at radius 2 is 1.83 bits per heavy atom. The topological polar surface area (TPSA) is 84.9 Å². The molecule has 0 atom stereocenters. The molecule has 1 amide bonds. The van der Waals surface area contributed by atoms with Crippen LogP contribution in [0.4, 0.5) is 0 Å². The molecule has 9 heteroatoms. The molecule has 1 aliphatic rings. The molecular formula is C20H23BrN2O5S. The van der Waals surface area contributed by atoms with Crippen molar-refractivity contribution in [2.24, 2.45) is 0 Å². The smallest absolute Gasteiger partial charge is 0.251 e. The van der Waals surface area contributed by atoms with E-state index >= 15 is 0 Å². The van der Waals surface area contributed by atoms with Crippen LogP contribution >= 0.6 is 15.9 Å². The summed E-state index contributed by atoms with van der Waals surface area (Å²) in [6, 6.07) is 10.7. The fraction of sp³-hybridized carbons (Fsp3) is 0.350. The molecule has 1 N–H and O–H groups in total. The molecule has 0 radical (unpaired) electrons. The maximum atomic E-state index is 12.8. The van der Waals surface area contributed by atoms with Crippen LogP contribution in [0.15, 0.2) is 40.9 Å². The lowest BCUT2D eigenvalue weighted by molar-refractivity contribution is 0.0956. The van der Waals surface area contributed by atoms with Gasteiger partial charge in [-0.25, -0.2) is 8.42 Å². The number of nitrogens with one attached hydrogen (secondary N) is 1. The van der Waals surface area contributed by atoms with Crippen molar-refractivity contribution in [1.82, 2.24) is 9.62 Å². The normalized spacial score (nSPS) is 14.2. The quantitative estimate of drug-likeness (QED) is 0.655. The van der Waals surface area contributed by atoms with Gasteiger partial charge in [0.1, 0.15) is 0 Å². The molecule has 156 valence electrons. The number of fused-ring (bicyclic) bond motifs is 1. The molecule has 0 aliphatic carbocycles. The molecule has 2 aromatic rings. The lowest BCUT2D eigenvalue weighted by Crippen LogP contribution is -2.40. The van der Waals surface area contributed by atoms with Crippen LogP contribution in [-0.4, -0.2) is 51.7 Å². The number of sulfonamides is 1. The Hall–Kier alpha value is -2.10. The standard InChI is InChI=1S/C20H23BrN2O5S/c1-27-18-11-14-6-8-23(13-16(14)12-19(18)28-2)29(25,26)9-7-22-20(24)15-4-3-5-17(21)10-15/h3-5,10-12H,6-9,13H2,1-2H3,(H,22,24). The molecule has 29 heavy (non-hydrogen) atoms. The van der Waals surface area contributed by atoms with Gasteiger partial charge in [0.05, 0.1) is 20.0 Å². The number of rotatable bonds is 7. The molecule has 0 aromatic heterocycles. The van der Waals surface area contributed by atoms with Crippen molar-refractivity contribution in [3.05, 3.63) is 57.6 Å². The van der Waals surface area contributed by atoms with Gasteiger partial charge in [-0.05, 0) is 47.9 Å². The fourth-order valence-electron chi connectivity index (χ4n) is 3.25. The van der Waals surface area contributed by atoms with E-state index in [9.17, 15) is 13.2 Å². The minimum absolute atomic E-state index is 0.0446. The van der Waals surface area contributed by atoms with Gasteiger partial charge >= 0.3 is 0 Å². The summed E-state index contributed by atoms with van der Waals surface area (Å²) in [5, 5.41) is 2.67. The summed E-state index contributed by atoms with van der Waals surface area (Å²) >= 11 is 3.32. The number of amides is 1. The highest BCUT2D eigenvalue weighted by molar-refractivity contribution is 9.10. The van der Waals surface area contributed by atoms with E-state index in [-0.39, 0.29) is 24.7 Å². The van der Waals surface area contributed by atoms with E-state index in [1.54, 1.807) is 32.4 Å². The summed E-state index contributed by atoms with van der Waals surface area (Å²) in [7, 11) is -0.383. The second-order valence-electron chi connectivity index (χ2n) is 6.64. The van der Waals surface area contributed by atoms with Gasteiger partial charge in [0.25, 0.3) is 5.91 Å². The Balaban J connectivity index is 1.63. The number of carbonyl (C=O) groups excluding carboxylic acids is 1. The predicted molar refractivity (Wildman–Crippen MR) is 114 cm³/mol. The number of benzene rings is 2. The third kappa shape index (κ3) is 5.09. The van der Waals surface area contributed by atoms with Crippen LogP contribution < -0.4 is 14.8 Å². The third-order valence-electron chi connectivity index (χ3n) is 4.81. The highest BCUT2D eigenvalue weighted by atomic mass is 79.9. The number of ether oxygens (including phenoxy) is 2. The van der Waals surface area contributed by atoms with E-state index in [1.165, 1.54) is 4.31 Å². The second kappa shape index (κ2) is 9.15. The van der Waals surface area contributed by atoms with Crippen molar-refractivity contribution >= 4 is 31.9 Å². The van der Waals surface area contributed by atoms with Gasteiger partial charge in [-0.15, -0.1) is 0 Å². The first kappa shape index (κ1) is 21.6. The molecule has 0 spiro atoms. The zero-order chi connectivity index (χ0) is 21.0. The van der Waals surface area contributed by atoms with Gasteiger partial charge in [0, 0.05) is 29.7 Å². The number of methoxy groups -OCH3 is 2. The van der Waals surface area contributed by atoms with Gasteiger partial charge in [0.15, 0.2) is 11.5 Å². The predicted octanol–water partition coefficient (Wildman–Crippen LogP) is 2.58. The lowest BCUT2D eigenvalue weighted by atomic mass is 10.0. The molecule has 1 heterocycles. The van der Waals surface area contributed by atoms with Gasteiger partial charge in [-0.1, -0.05) is 22.0 Å². The number of halogens is 1. The summed E-state index contributed by atoms with van der Waals surface area (Å²) in [5.41, 5.74) is 2.43. The van der Waals surface area contributed by atoms with Gasteiger partial charge in [-0.3, -0.25) is 4.79 Å². The van der Waals surface area contributed by atoms with Crippen LogP contribution in [0.25, 0.3) is 0 Å². The summed E-state index contributed by atoms with van der Waals surface area (Å²) in [6.07, 6.45) is 0.597. The first-order chi connectivity index (χ1) is 13.8. The molecule has 0 saturated heterocycles. The highest BCUT2D eigenvalue weighted by Crippen LogP contribution is 2.33. The molecule has 0 fully saturated rings. The molecule has 0 bridgehead atoms. The third-order valence-corrected chi connectivity index (χ3v) is 7.12. The zero-order valence-electron chi connectivity index (χ0n) is 16.3. The molecule has 1 aliphatic heterocycles. The van der Waals surface area contributed by atoms with E-state index in [1.807, 2.05) is 18.2 Å². The second-order valence-corrected chi connectivity index (χ2v) is 9.65. The average molecular weight is 483 g/mol. The maximum Gasteiger partial charge on any atom is 0.251 e. The molecule has 2 aromatic carbocycles. The van der Waals surface area contributed by atoms with Crippen LogP contribution in [0.5, 0.6) is 11.5 Å². The van der Waals surface area contributed by atoms with Crippen molar-refractivity contribution in [2.75, 3.05) is 33.1 Å².